The summed E-state index contributed by atoms with van der Waals surface area (Å²) in [6.07, 6.45) is 1.03. The molecule has 10 heteroatoms. The quantitative estimate of drug-likeness (QED) is 0.699. The molecule has 3 heterocycles. The van der Waals surface area contributed by atoms with E-state index < -0.39 is 23.4 Å². The highest BCUT2D eigenvalue weighted by atomic mass is 32.1. The largest absolute Gasteiger partial charge is 0.466 e. The van der Waals surface area contributed by atoms with Crippen molar-refractivity contribution in [1.29, 1.82) is 5.26 Å². The first kappa shape index (κ1) is 19.6. The number of nitriles is 1. The number of allylic oxidation sites excluding steroid dienone is 1. The third-order valence-corrected chi connectivity index (χ3v) is 6.09. The molecule has 1 aliphatic heterocycles. The molecule has 2 aromatic rings. The third kappa shape index (κ3) is 3.15. The van der Waals surface area contributed by atoms with Gasteiger partial charge in [-0.1, -0.05) is 6.07 Å². The average molecular weight is 417 g/mol. The van der Waals surface area contributed by atoms with Gasteiger partial charge in [-0.2, -0.15) is 5.26 Å². The van der Waals surface area contributed by atoms with Gasteiger partial charge < -0.3 is 15.2 Å². The highest BCUT2D eigenvalue weighted by molar-refractivity contribution is 7.10. The molecule has 0 radical (unpaired) electrons. The molecule has 1 aliphatic rings. The number of carbonyl (C=O) groups is 2. The molecule has 8 nitrogen and oxygen atoms in total. The number of aromatic nitrogens is 1. The first-order chi connectivity index (χ1) is 13.4. The first-order valence-corrected chi connectivity index (χ1v) is 9.80. The second kappa shape index (κ2) is 7.84. The zero-order valence-electron chi connectivity index (χ0n) is 14.9. The molecule has 0 saturated carbocycles. The van der Waals surface area contributed by atoms with Gasteiger partial charge in [0.15, 0.2) is 0 Å². The number of carbonyl (C=O) groups excluding carboxylic acids is 2. The van der Waals surface area contributed by atoms with Gasteiger partial charge in [0.25, 0.3) is 5.56 Å². The van der Waals surface area contributed by atoms with Gasteiger partial charge in [-0.15, -0.1) is 22.7 Å². The Balaban J connectivity index is 2.47. The van der Waals surface area contributed by atoms with Crippen molar-refractivity contribution >= 4 is 52.1 Å². The van der Waals surface area contributed by atoms with Gasteiger partial charge in [0.2, 0.25) is 0 Å². The van der Waals surface area contributed by atoms with Gasteiger partial charge in [-0.3, -0.25) is 9.36 Å². The fourth-order valence-electron chi connectivity index (χ4n) is 2.86. The minimum atomic E-state index is -0.756. The standard InChI is InChI=1S/C18H15N3O5S2/c1-3-26-18(24)14-13(10-5-4-6-27-10)9(8-19)15(20)21-16(23)11(28-17(14)21)7-12(22)25-2/h4-7,13H,3,20H2,1-2H3. The molecule has 2 N–H and O–H groups in total. The predicted molar refractivity (Wildman–Crippen MR) is 104 cm³/mol. The van der Waals surface area contributed by atoms with Crippen molar-refractivity contribution in [2.75, 3.05) is 13.7 Å². The number of methoxy groups -OCH3 is 1. The van der Waals surface area contributed by atoms with Crippen LogP contribution in [0.1, 0.15) is 17.7 Å². The number of hydrogen-bond acceptors (Lipinski definition) is 9. The molecule has 0 bridgehead atoms. The van der Waals surface area contributed by atoms with E-state index in [1.807, 2.05) is 11.4 Å². The van der Waals surface area contributed by atoms with Crippen LogP contribution >= 0.6 is 22.7 Å². The second-order valence-corrected chi connectivity index (χ2v) is 7.58. The lowest BCUT2D eigenvalue weighted by Gasteiger charge is -2.23. The number of fused-ring (bicyclic) bond motifs is 1. The highest BCUT2D eigenvalue weighted by Gasteiger charge is 2.36. The van der Waals surface area contributed by atoms with Crippen LogP contribution in [0.25, 0.3) is 17.5 Å². The summed E-state index contributed by atoms with van der Waals surface area (Å²) < 4.78 is 11.1. The summed E-state index contributed by atoms with van der Waals surface area (Å²) in [7, 11) is 1.19. The molecular formula is C18H15N3O5S2. The van der Waals surface area contributed by atoms with Crippen molar-refractivity contribution in [3.05, 3.63) is 47.5 Å². The fraction of sp³-hybridized carbons (Fsp3) is 0.222. The van der Waals surface area contributed by atoms with Crippen LogP contribution in [0, 0.1) is 11.3 Å². The van der Waals surface area contributed by atoms with Crippen molar-refractivity contribution < 1.29 is 19.1 Å². The molecule has 0 aliphatic carbocycles. The van der Waals surface area contributed by atoms with Crippen LogP contribution in [-0.4, -0.2) is 30.2 Å². The Morgan fingerprint density at radius 2 is 2.21 bits per heavy atom. The molecule has 2 aromatic heterocycles. The normalized spacial score (nSPS) is 16.5. The minimum Gasteiger partial charge on any atom is -0.466 e. The van der Waals surface area contributed by atoms with E-state index in [4.69, 9.17) is 10.5 Å². The van der Waals surface area contributed by atoms with Crippen LogP contribution in [0.5, 0.6) is 0 Å². The van der Waals surface area contributed by atoms with E-state index in [2.05, 4.69) is 4.74 Å². The lowest BCUT2D eigenvalue weighted by atomic mass is 9.88. The maximum Gasteiger partial charge on any atom is 0.338 e. The SMILES string of the molecule is CCOC(=O)C1=c2sc(=CC(=O)OC)c(=O)n2C(N)=C(C#N)C1c1cccs1. The van der Waals surface area contributed by atoms with Crippen molar-refractivity contribution in [3.8, 4) is 6.07 Å². The Bertz CT molecular complexity index is 1200. The lowest BCUT2D eigenvalue weighted by molar-refractivity contribution is -0.136. The Hall–Kier alpha value is -3.16. The van der Waals surface area contributed by atoms with Gasteiger partial charge >= 0.3 is 11.9 Å². The van der Waals surface area contributed by atoms with E-state index in [0.717, 1.165) is 22.0 Å². The van der Waals surface area contributed by atoms with E-state index >= 15 is 0 Å². The van der Waals surface area contributed by atoms with Crippen molar-refractivity contribution in [3.63, 3.8) is 0 Å². The second-order valence-electron chi connectivity index (χ2n) is 5.57. The fourth-order valence-corrected chi connectivity index (χ4v) is 4.83. The summed E-state index contributed by atoms with van der Waals surface area (Å²) in [6, 6.07) is 5.60. The number of esters is 2. The molecule has 0 amide bonds. The Labute approximate surface area is 167 Å². The highest BCUT2D eigenvalue weighted by Crippen LogP contribution is 2.38. The summed E-state index contributed by atoms with van der Waals surface area (Å²) in [5, 5.41) is 11.5. The van der Waals surface area contributed by atoms with Crippen molar-refractivity contribution in [2.24, 2.45) is 5.73 Å². The van der Waals surface area contributed by atoms with E-state index in [1.54, 1.807) is 19.1 Å². The van der Waals surface area contributed by atoms with Crippen molar-refractivity contribution in [1.82, 2.24) is 4.57 Å². The van der Waals surface area contributed by atoms with Crippen molar-refractivity contribution in [2.45, 2.75) is 12.8 Å². The Kier molecular flexibility index (Phi) is 5.48. The topological polar surface area (TPSA) is 124 Å². The summed E-state index contributed by atoms with van der Waals surface area (Å²) in [5.41, 5.74) is 5.75. The van der Waals surface area contributed by atoms with Gasteiger partial charge in [0.1, 0.15) is 15.0 Å². The monoisotopic (exact) mass is 417 g/mol. The van der Waals surface area contributed by atoms with Crippen LogP contribution in [0.3, 0.4) is 0 Å². The molecule has 0 fully saturated rings. The summed E-state index contributed by atoms with van der Waals surface area (Å²) in [5.74, 6) is -2.20. The number of nitrogens with zero attached hydrogens (tertiary/aromatic N) is 2. The van der Waals surface area contributed by atoms with Crippen LogP contribution in [-0.2, 0) is 19.1 Å². The maximum absolute atomic E-state index is 12.8. The van der Waals surface area contributed by atoms with Gasteiger partial charge in [0, 0.05) is 11.0 Å². The molecule has 0 saturated heterocycles. The van der Waals surface area contributed by atoms with E-state index in [9.17, 15) is 19.6 Å². The van der Waals surface area contributed by atoms with Crippen LogP contribution in [0.15, 0.2) is 27.9 Å². The van der Waals surface area contributed by atoms with E-state index in [-0.39, 0.29) is 32.8 Å². The lowest BCUT2D eigenvalue weighted by Crippen LogP contribution is -2.40. The molecule has 144 valence electrons. The number of hydrogen-bond donors (Lipinski definition) is 1. The molecule has 0 aromatic carbocycles. The summed E-state index contributed by atoms with van der Waals surface area (Å²) >= 11 is 2.28. The van der Waals surface area contributed by atoms with E-state index in [0.29, 0.717) is 4.88 Å². The maximum atomic E-state index is 12.8. The molecule has 1 atom stereocenters. The van der Waals surface area contributed by atoms with Gasteiger partial charge in [-0.25, -0.2) is 9.59 Å². The first-order valence-electron chi connectivity index (χ1n) is 8.10. The van der Waals surface area contributed by atoms with Crippen LogP contribution < -0.4 is 20.5 Å². The average Bonchev–Trinajstić information content (AvgIpc) is 3.30. The van der Waals surface area contributed by atoms with Crippen LogP contribution in [0.4, 0.5) is 0 Å². The molecular weight excluding hydrogens is 402 g/mol. The zero-order valence-corrected chi connectivity index (χ0v) is 16.6. The van der Waals surface area contributed by atoms with Gasteiger partial charge in [-0.05, 0) is 18.4 Å². The number of thiophene rings is 1. The van der Waals surface area contributed by atoms with Gasteiger partial charge in [0.05, 0.1) is 36.9 Å². The number of nitrogens with two attached hydrogens (primary N) is 1. The number of ether oxygens (including phenoxy) is 2. The predicted octanol–water partition coefficient (Wildman–Crippen LogP) is 0.0869. The zero-order chi connectivity index (χ0) is 20.4. The summed E-state index contributed by atoms with van der Waals surface area (Å²) in [4.78, 5) is 37.9. The molecule has 1 unspecified atom stereocenters. The Morgan fingerprint density at radius 3 is 2.79 bits per heavy atom. The van der Waals surface area contributed by atoms with E-state index in [1.165, 1.54) is 18.4 Å². The van der Waals surface area contributed by atoms with Crippen LogP contribution in [0.2, 0.25) is 0 Å². The third-order valence-electron chi connectivity index (χ3n) is 4.04. The number of thiazole rings is 1. The number of rotatable bonds is 4. The minimum absolute atomic E-state index is 0.0377. The Morgan fingerprint density at radius 1 is 1.46 bits per heavy atom. The molecule has 3 rings (SSSR count). The molecule has 28 heavy (non-hydrogen) atoms. The molecule has 0 spiro atoms. The smallest absolute Gasteiger partial charge is 0.338 e. The summed E-state index contributed by atoms with van der Waals surface area (Å²) in [6.45, 7) is 1.78.